The number of nitrogens with two attached hydrogens (primary N) is 1. The molecule has 2 fully saturated rings. The Morgan fingerprint density at radius 1 is 1.57 bits per heavy atom. The predicted molar refractivity (Wildman–Crippen MR) is 55.7 cm³/mol. The summed E-state index contributed by atoms with van der Waals surface area (Å²) in [7, 11) is 0. The van der Waals surface area contributed by atoms with Crippen molar-refractivity contribution in [1.82, 2.24) is 4.90 Å². The number of nitrogens with zero attached hydrogens (tertiary/aromatic N) is 1. The van der Waals surface area contributed by atoms with Gasteiger partial charge in [0, 0.05) is 25.6 Å². The Kier molecular flexibility index (Phi) is 2.77. The van der Waals surface area contributed by atoms with E-state index in [1.54, 1.807) is 0 Å². The molecule has 1 amide bonds. The lowest BCUT2D eigenvalue weighted by Gasteiger charge is -2.20. The van der Waals surface area contributed by atoms with E-state index in [0.717, 1.165) is 25.9 Å². The number of hydrogen-bond donors (Lipinski definition) is 1. The lowest BCUT2D eigenvalue weighted by atomic mass is 10.1. The number of likely N-dealkylation sites (tertiary alicyclic amines) is 1. The summed E-state index contributed by atoms with van der Waals surface area (Å²) in [4.78, 5) is 13.6. The first-order chi connectivity index (χ1) is 6.70. The van der Waals surface area contributed by atoms with Crippen LogP contribution in [0.25, 0.3) is 0 Å². The minimum atomic E-state index is 0.231. The summed E-state index contributed by atoms with van der Waals surface area (Å²) in [5.41, 5.74) is 6.01. The molecule has 2 aliphatic rings. The van der Waals surface area contributed by atoms with E-state index in [0.29, 0.717) is 17.7 Å². The molecular formula is C11H20N2O. The smallest absolute Gasteiger partial charge is 0.222 e. The summed E-state index contributed by atoms with van der Waals surface area (Å²) < 4.78 is 0. The van der Waals surface area contributed by atoms with Crippen LogP contribution < -0.4 is 5.73 Å². The van der Waals surface area contributed by atoms with Gasteiger partial charge in [-0.2, -0.15) is 0 Å². The Morgan fingerprint density at radius 3 is 2.79 bits per heavy atom. The van der Waals surface area contributed by atoms with Crippen LogP contribution in [0.3, 0.4) is 0 Å². The average Bonchev–Trinajstić information content (AvgIpc) is 2.94. The molecule has 0 aromatic rings. The molecule has 0 spiro atoms. The van der Waals surface area contributed by atoms with Gasteiger partial charge in [-0.1, -0.05) is 13.3 Å². The molecule has 80 valence electrons. The maximum Gasteiger partial charge on any atom is 0.222 e. The van der Waals surface area contributed by atoms with Crippen LogP contribution >= 0.6 is 0 Å². The molecule has 2 N–H and O–H groups in total. The average molecular weight is 196 g/mol. The fourth-order valence-electron chi connectivity index (χ4n) is 2.23. The quantitative estimate of drug-likeness (QED) is 0.728. The number of carbonyl (C=O) groups is 1. The number of carbonyl (C=O) groups excluding carboxylic acids is 1. The van der Waals surface area contributed by atoms with Crippen molar-refractivity contribution in [2.45, 2.75) is 38.6 Å². The van der Waals surface area contributed by atoms with Gasteiger partial charge >= 0.3 is 0 Å². The summed E-state index contributed by atoms with van der Waals surface area (Å²) in [5.74, 6) is 1.59. The van der Waals surface area contributed by atoms with Crippen molar-refractivity contribution >= 4 is 5.91 Å². The predicted octanol–water partition coefficient (Wildman–Crippen LogP) is 0.982. The van der Waals surface area contributed by atoms with E-state index < -0.39 is 0 Å². The van der Waals surface area contributed by atoms with Crippen LogP contribution in [0.1, 0.15) is 32.6 Å². The SMILES string of the molecule is CCC1CC(=O)N(CC(N)C2CC2)C1. The zero-order chi connectivity index (χ0) is 10.1. The van der Waals surface area contributed by atoms with Gasteiger partial charge in [0.05, 0.1) is 0 Å². The Bertz CT molecular complexity index is 225. The van der Waals surface area contributed by atoms with Gasteiger partial charge in [0.1, 0.15) is 0 Å². The van der Waals surface area contributed by atoms with Gasteiger partial charge in [-0.3, -0.25) is 4.79 Å². The normalized spacial score (nSPS) is 29.7. The molecule has 0 aromatic heterocycles. The second-order valence-electron chi connectivity index (χ2n) is 4.78. The highest BCUT2D eigenvalue weighted by atomic mass is 16.2. The lowest BCUT2D eigenvalue weighted by Crippen LogP contribution is -2.39. The molecule has 1 saturated carbocycles. The molecule has 0 aromatic carbocycles. The third-order valence-corrected chi connectivity index (χ3v) is 3.53. The first-order valence-electron chi connectivity index (χ1n) is 5.74. The van der Waals surface area contributed by atoms with Crippen molar-refractivity contribution in [3.8, 4) is 0 Å². The Morgan fingerprint density at radius 2 is 2.29 bits per heavy atom. The molecule has 1 saturated heterocycles. The molecule has 1 aliphatic carbocycles. The van der Waals surface area contributed by atoms with E-state index >= 15 is 0 Å². The van der Waals surface area contributed by atoms with Crippen LogP contribution in [-0.2, 0) is 4.79 Å². The van der Waals surface area contributed by atoms with Crippen LogP contribution in [0.2, 0.25) is 0 Å². The second kappa shape index (κ2) is 3.89. The standard InChI is InChI=1S/C11H20N2O/c1-2-8-5-11(14)13(6-8)7-10(12)9-3-4-9/h8-10H,2-7,12H2,1H3. The molecule has 14 heavy (non-hydrogen) atoms. The van der Waals surface area contributed by atoms with Crippen molar-refractivity contribution in [2.75, 3.05) is 13.1 Å². The first-order valence-corrected chi connectivity index (χ1v) is 5.74. The molecular weight excluding hydrogens is 176 g/mol. The molecule has 3 nitrogen and oxygen atoms in total. The van der Waals surface area contributed by atoms with Crippen LogP contribution in [0.15, 0.2) is 0 Å². The molecule has 1 aliphatic heterocycles. The summed E-state index contributed by atoms with van der Waals surface area (Å²) >= 11 is 0. The van der Waals surface area contributed by atoms with E-state index in [-0.39, 0.29) is 6.04 Å². The molecule has 0 bridgehead atoms. The van der Waals surface area contributed by atoms with Gasteiger partial charge in [-0.15, -0.1) is 0 Å². The van der Waals surface area contributed by atoms with Gasteiger partial charge < -0.3 is 10.6 Å². The highest BCUT2D eigenvalue weighted by Gasteiger charge is 2.34. The molecule has 1 heterocycles. The minimum absolute atomic E-state index is 0.231. The van der Waals surface area contributed by atoms with Gasteiger partial charge in [0.2, 0.25) is 5.91 Å². The molecule has 3 heteroatoms. The van der Waals surface area contributed by atoms with E-state index in [9.17, 15) is 4.79 Å². The number of rotatable bonds is 4. The zero-order valence-corrected chi connectivity index (χ0v) is 8.91. The first kappa shape index (κ1) is 9.97. The minimum Gasteiger partial charge on any atom is -0.341 e. The fourth-order valence-corrected chi connectivity index (χ4v) is 2.23. The van der Waals surface area contributed by atoms with Crippen molar-refractivity contribution < 1.29 is 4.79 Å². The topological polar surface area (TPSA) is 46.3 Å². The van der Waals surface area contributed by atoms with E-state index in [1.807, 2.05) is 4.90 Å². The number of hydrogen-bond acceptors (Lipinski definition) is 2. The molecule has 2 rings (SSSR count). The highest BCUT2D eigenvalue weighted by molar-refractivity contribution is 5.78. The molecule has 2 atom stereocenters. The second-order valence-corrected chi connectivity index (χ2v) is 4.78. The largest absolute Gasteiger partial charge is 0.341 e. The maximum absolute atomic E-state index is 11.6. The highest BCUT2D eigenvalue weighted by Crippen LogP contribution is 2.32. The maximum atomic E-state index is 11.6. The summed E-state index contributed by atoms with van der Waals surface area (Å²) in [6.07, 6.45) is 4.38. The van der Waals surface area contributed by atoms with Crippen LogP contribution in [-0.4, -0.2) is 29.9 Å². The third kappa shape index (κ3) is 2.08. The van der Waals surface area contributed by atoms with Crippen LogP contribution in [0.4, 0.5) is 0 Å². The lowest BCUT2D eigenvalue weighted by molar-refractivity contribution is -0.128. The number of amides is 1. The summed E-state index contributed by atoms with van der Waals surface area (Å²) in [5, 5.41) is 0. The van der Waals surface area contributed by atoms with Crippen LogP contribution in [0, 0.1) is 11.8 Å². The molecule has 2 unspecified atom stereocenters. The van der Waals surface area contributed by atoms with Crippen LogP contribution in [0.5, 0.6) is 0 Å². The zero-order valence-electron chi connectivity index (χ0n) is 8.91. The van der Waals surface area contributed by atoms with Crippen molar-refractivity contribution in [2.24, 2.45) is 17.6 Å². The van der Waals surface area contributed by atoms with Gasteiger partial charge in [0.15, 0.2) is 0 Å². The third-order valence-electron chi connectivity index (χ3n) is 3.53. The van der Waals surface area contributed by atoms with Gasteiger partial charge in [-0.05, 0) is 24.7 Å². The summed E-state index contributed by atoms with van der Waals surface area (Å²) in [6.45, 7) is 3.89. The Hall–Kier alpha value is -0.570. The Balaban J connectivity index is 1.82. The Labute approximate surface area is 85.6 Å². The van der Waals surface area contributed by atoms with Crippen molar-refractivity contribution in [3.05, 3.63) is 0 Å². The summed E-state index contributed by atoms with van der Waals surface area (Å²) in [6, 6.07) is 0.231. The fraction of sp³-hybridized carbons (Fsp3) is 0.909. The van der Waals surface area contributed by atoms with Gasteiger partial charge in [0.25, 0.3) is 0 Å². The van der Waals surface area contributed by atoms with Gasteiger partial charge in [-0.25, -0.2) is 0 Å². The molecule has 0 radical (unpaired) electrons. The monoisotopic (exact) mass is 196 g/mol. The van der Waals surface area contributed by atoms with E-state index in [1.165, 1.54) is 12.8 Å². The van der Waals surface area contributed by atoms with E-state index in [4.69, 9.17) is 5.73 Å². The van der Waals surface area contributed by atoms with E-state index in [2.05, 4.69) is 6.92 Å². The van der Waals surface area contributed by atoms with Crippen molar-refractivity contribution in [1.29, 1.82) is 0 Å². The van der Waals surface area contributed by atoms with Crippen molar-refractivity contribution in [3.63, 3.8) is 0 Å².